The number of hydrogen-bond donors (Lipinski definition) is 0. The van der Waals surface area contributed by atoms with E-state index in [9.17, 15) is 4.79 Å². The van der Waals surface area contributed by atoms with Crippen LogP contribution in [0, 0.1) is 0 Å². The molecule has 178 valence electrons. The zero-order valence-corrected chi connectivity index (χ0v) is 20.2. The summed E-state index contributed by atoms with van der Waals surface area (Å²) in [4.78, 5) is 20.4. The van der Waals surface area contributed by atoms with E-state index in [0.717, 1.165) is 77.2 Å². The monoisotopic (exact) mass is 457 g/mol. The van der Waals surface area contributed by atoms with E-state index in [1.807, 2.05) is 11.0 Å². The van der Waals surface area contributed by atoms with Crippen molar-refractivity contribution < 1.29 is 4.79 Å². The van der Waals surface area contributed by atoms with Crippen molar-refractivity contribution in [2.75, 3.05) is 44.2 Å². The fourth-order valence-corrected chi connectivity index (χ4v) is 5.28. The van der Waals surface area contributed by atoms with Crippen LogP contribution >= 0.6 is 0 Å². The minimum absolute atomic E-state index is 0.0993. The summed E-state index contributed by atoms with van der Waals surface area (Å²) in [6, 6.07) is 21.2. The highest BCUT2D eigenvalue weighted by atomic mass is 16.2. The Morgan fingerprint density at radius 3 is 2.32 bits per heavy atom. The minimum Gasteiger partial charge on any atom is -0.368 e. The molecule has 0 spiro atoms. The van der Waals surface area contributed by atoms with Gasteiger partial charge in [0.25, 0.3) is 5.91 Å². The van der Waals surface area contributed by atoms with Gasteiger partial charge in [-0.15, -0.1) is 0 Å². The summed E-state index contributed by atoms with van der Waals surface area (Å²) in [6.07, 6.45) is 3.19. The van der Waals surface area contributed by atoms with E-state index in [2.05, 4.69) is 76.0 Å². The molecule has 3 aromatic rings. The van der Waals surface area contributed by atoms with E-state index in [4.69, 9.17) is 5.10 Å². The molecule has 0 radical (unpaired) electrons. The van der Waals surface area contributed by atoms with Crippen LogP contribution in [0.25, 0.3) is 0 Å². The van der Waals surface area contributed by atoms with Gasteiger partial charge in [-0.1, -0.05) is 48.5 Å². The smallest absolute Gasteiger partial charge is 0.274 e. The molecule has 2 aromatic carbocycles. The van der Waals surface area contributed by atoms with Gasteiger partial charge in [0.05, 0.1) is 0 Å². The van der Waals surface area contributed by atoms with Gasteiger partial charge in [-0.2, -0.15) is 5.10 Å². The second kappa shape index (κ2) is 10.4. The van der Waals surface area contributed by atoms with Gasteiger partial charge in [0.2, 0.25) is 0 Å². The molecule has 1 aromatic heterocycles. The first-order valence-corrected chi connectivity index (χ1v) is 12.7. The lowest BCUT2D eigenvalue weighted by Gasteiger charge is -2.36. The Morgan fingerprint density at radius 2 is 1.62 bits per heavy atom. The predicted molar refractivity (Wildman–Crippen MR) is 136 cm³/mol. The van der Waals surface area contributed by atoms with E-state index in [-0.39, 0.29) is 5.91 Å². The maximum absolute atomic E-state index is 13.6. The number of carbonyl (C=O) groups is 1. The normalized spacial score (nSPS) is 16.5. The molecule has 6 heteroatoms. The number of para-hydroxylation sites is 1. The summed E-state index contributed by atoms with van der Waals surface area (Å²) in [5.41, 5.74) is 5.71. The SMILES string of the molecule is CCn1nc(C(=O)N2CCN(c3ccccc3)CC2)c2c1CCN(CCCc1ccccc1)C2. The largest absolute Gasteiger partial charge is 0.368 e. The molecule has 1 amide bonds. The van der Waals surface area contributed by atoms with Gasteiger partial charge in [-0.3, -0.25) is 14.4 Å². The number of amides is 1. The fourth-order valence-electron chi connectivity index (χ4n) is 5.28. The first-order chi connectivity index (χ1) is 16.7. The molecule has 0 bridgehead atoms. The first kappa shape index (κ1) is 22.7. The summed E-state index contributed by atoms with van der Waals surface area (Å²) >= 11 is 0. The molecule has 0 N–H and O–H groups in total. The number of rotatable bonds is 7. The third kappa shape index (κ3) is 4.87. The Labute approximate surface area is 202 Å². The molecule has 3 heterocycles. The maximum Gasteiger partial charge on any atom is 0.274 e. The van der Waals surface area contributed by atoms with Crippen LogP contribution in [0.4, 0.5) is 5.69 Å². The first-order valence-electron chi connectivity index (χ1n) is 12.7. The van der Waals surface area contributed by atoms with Gasteiger partial charge < -0.3 is 9.80 Å². The van der Waals surface area contributed by atoms with Gasteiger partial charge >= 0.3 is 0 Å². The number of aryl methyl sites for hydroxylation is 2. The van der Waals surface area contributed by atoms with Gasteiger partial charge in [0.15, 0.2) is 5.69 Å². The number of benzene rings is 2. The molecule has 34 heavy (non-hydrogen) atoms. The maximum atomic E-state index is 13.6. The fraction of sp³-hybridized carbons (Fsp3) is 0.429. The van der Waals surface area contributed by atoms with Crippen LogP contribution in [0.15, 0.2) is 60.7 Å². The highest BCUT2D eigenvalue weighted by molar-refractivity contribution is 5.94. The summed E-state index contributed by atoms with van der Waals surface area (Å²) in [6.45, 7) is 9.04. The van der Waals surface area contributed by atoms with Gasteiger partial charge in [0, 0.05) is 69.2 Å². The van der Waals surface area contributed by atoms with Crippen molar-refractivity contribution in [1.82, 2.24) is 19.6 Å². The number of aromatic nitrogens is 2. The molecule has 0 aliphatic carbocycles. The minimum atomic E-state index is 0.0993. The molecule has 5 rings (SSSR count). The average molecular weight is 458 g/mol. The standard InChI is InChI=1S/C28H35N5O/c1-2-33-26-15-17-30(16-9-12-23-10-5-3-6-11-23)22-25(26)27(29-33)28(34)32-20-18-31(19-21-32)24-13-7-4-8-14-24/h3-8,10-11,13-14H,2,9,12,15-22H2,1H3. The topological polar surface area (TPSA) is 44.6 Å². The van der Waals surface area contributed by atoms with E-state index in [0.29, 0.717) is 5.69 Å². The van der Waals surface area contributed by atoms with Crippen LogP contribution < -0.4 is 4.90 Å². The van der Waals surface area contributed by atoms with E-state index in [1.54, 1.807) is 0 Å². The van der Waals surface area contributed by atoms with Crippen LogP contribution in [0.5, 0.6) is 0 Å². The van der Waals surface area contributed by atoms with E-state index >= 15 is 0 Å². The van der Waals surface area contributed by atoms with Crippen molar-refractivity contribution in [2.24, 2.45) is 0 Å². The average Bonchev–Trinajstić information content (AvgIpc) is 3.27. The van der Waals surface area contributed by atoms with Crippen molar-refractivity contribution in [2.45, 2.75) is 39.3 Å². The number of anilines is 1. The molecule has 6 nitrogen and oxygen atoms in total. The Morgan fingerprint density at radius 1 is 0.912 bits per heavy atom. The summed E-state index contributed by atoms with van der Waals surface area (Å²) in [5.74, 6) is 0.0993. The molecule has 0 unspecified atom stereocenters. The number of fused-ring (bicyclic) bond motifs is 1. The molecule has 1 fully saturated rings. The third-order valence-corrected chi connectivity index (χ3v) is 7.19. The van der Waals surface area contributed by atoms with Gasteiger partial charge in [0.1, 0.15) is 0 Å². The van der Waals surface area contributed by atoms with Crippen LogP contribution in [0.1, 0.15) is 40.7 Å². The number of nitrogens with zero attached hydrogens (tertiary/aromatic N) is 5. The zero-order chi connectivity index (χ0) is 23.3. The van der Waals surface area contributed by atoms with Crippen molar-refractivity contribution >= 4 is 11.6 Å². The van der Waals surface area contributed by atoms with Crippen molar-refractivity contribution in [3.8, 4) is 0 Å². The van der Waals surface area contributed by atoms with Crippen molar-refractivity contribution in [3.05, 3.63) is 83.2 Å². The molecule has 0 atom stereocenters. The second-order valence-electron chi connectivity index (χ2n) is 9.32. The number of carbonyl (C=O) groups excluding carboxylic acids is 1. The molecule has 2 aliphatic rings. The summed E-state index contributed by atoms with van der Waals surface area (Å²) in [7, 11) is 0. The lowest BCUT2D eigenvalue weighted by molar-refractivity contribution is 0.0737. The van der Waals surface area contributed by atoms with Crippen molar-refractivity contribution in [3.63, 3.8) is 0 Å². The zero-order valence-electron chi connectivity index (χ0n) is 20.2. The van der Waals surface area contributed by atoms with Crippen LogP contribution in [0.2, 0.25) is 0 Å². The lowest BCUT2D eigenvalue weighted by Crippen LogP contribution is -2.49. The molecular formula is C28H35N5O. The van der Waals surface area contributed by atoms with E-state index < -0.39 is 0 Å². The molecule has 0 saturated carbocycles. The lowest BCUT2D eigenvalue weighted by atomic mass is 10.0. The molecule has 1 saturated heterocycles. The van der Waals surface area contributed by atoms with Crippen LogP contribution in [0.3, 0.4) is 0 Å². The Hall–Kier alpha value is -3.12. The van der Waals surface area contributed by atoms with Crippen LogP contribution in [-0.4, -0.2) is 64.8 Å². The van der Waals surface area contributed by atoms with Crippen LogP contribution in [-0.2, 0) is 25.9 Å². The number of hydrogen-bond acceptors (Lipinski definition) is 4. The Bertz CT molecular complexity index is 1090. The highest BCUT2D eigenvalue weighted by Crippen LogP contribution is 2.25. The predicted octanol–water partition coefficient (Wildman–Crippen LogP) is 3.86. The summed E-state index contributed by atoms with van der Waals surface area (Å²) < 4.78 is 2.06. The Balaban J connectivity index is 1.23. The molecular weight excluding hydrogens is 422 g/mol. The highest BCUT2D eigenvalue weighted by Gasteiger charge is 2.31. The molecule has 2 aliphatic heterocycles. The summed E-state index contributed by atoms with van der Waals surface area (Å²) in [5, 5.41) is 4.81. The van der Waals surface area contributed by atoms with Crippen molar-refractivity contribution in [1.29, 1.82) is 0 Å². The quantitative estimate of drug-likeness (QED) is 0.541. The van der Waals surface area contributed by atoms with Gasteiger partial charge in [-0.25, -0.2) is 0 Å². The number of piperazine rings is 1. The Kier molecular flexibility index (Phi) is 6.95. The second-order valence-corrected chi connectivity index (χ2v) is 9.32. The van der Waals surface area contributed by atoms with E-state index in [1.165, 1.54) is 16.9 Å². The van der Waals surface area contributed by atoms with Gasteiger partial charge in [-0.05, 0) is 44.0 Å². The third-order valence-electron chi connectivity index (χ3n) is 7.19.